The van der Waals surface area contributed by atoms with Crippen molar-refractivity contribution in [3.05, 3.63) is 29.8 Å². The third-order valence-corrected chi connectivity index (χ3v) is 5.23. The highest BCUT2D eigenvalue weighted by molar-refractivity contribution is 6.25. The Labute approximate surface area is 127 Å². The maximum Gasteiger partial charge on any atom is 0.238 e. The fourth-order valence-corrected chi connectivity index (χ4v) is 4.13. The molecule has 1 aromatic rings. The number of Topliss-reactive ketones (excluding diaryl/α,β-unsaturated/α-hetero) is 2. The van der Waals surface area contributed by atoms with Crippen LogP contribution in [0.25, 0.3) is 0 Å². The Morgan fingerprint density at radius 3 is 1.73 bits per heavy atom. The van der Waals surface area contributed by atoms with E-state index in [1.807, 2.05) is 19.1 Å². The molecule has 5 nitrogen and oxygen atoms in total. The monoisotopic (exact) mass is 297 g/mol. The van der Waals surface area contributed by atoms with Crippen LogP contribution < -0.4 is 4.90 Å². The fourth-order valence-electron chi connectivity index (χ4n) is 4.13. The van der Waals surface area contributed by atoms with Gasteiger partial charge in [0.2, 0.25) is 11.8 Å². The summed E-state index contributed by atoms with van der Waals surface area (Å²) in [6.45, 7) is 1.93. The van der Waals surface area contributed by atoms with Crippen molar-refractivity contribution in [2.24, 2.45) is 23.7 Å². The Hall–Kier alpha value is -2.30. The lowest BCUT2D eigenvalue weighted by Gasteiger charge is -2.40. The van der Waals surface area contributed by atoms with Gasteiger partial charge in [0.1, 0.15) is 11.6 Å². The van der Waals surface area contributed by atoms with Crippen LogP contribution in [0.1, 0.15) is 18.4 Å². The van der Waals surface area contributed by atoms with Crippen LogP contribution in [0.5, 0.6) is 0 Å². The van der Waals surface area contributed by atoms with E-state index in [-0.39, 0.29) is 36.2 Å². The standard InChI is InChI=1S/C17H15NO4/c1-8-2-4-9(5-3-8)18-16(21)14-10-6-12(19)11(7-13(10)20)15(14)17(18)22/h2-5,10-11,14-15H,6-7H2,1H3/t10-,11+,14+,15-. The molecule has 0 N–H and O–H groups in total. The summed E-state index contributed by atoms with van der Waals surface area (Å²) in [5.41, 5.74) is 1.56. The van der Waals surface area contributed by atoms with Crippen molar-refractivity contribution >= 4 is 29.1 Å². The molecule has 4 fully saturated rings. The number of fused-ring (bicyclic) bond motifs is 2. The molecule has 1 aromatic carbocycles. The summed E-state index contributed by atoms with van der Waals surface area (Å²) >= 11 is 0. The molecule has 5 heteroatoms. The number of nitrogens with zero attached hydrogens (tertiary/aromatic N) is 1. The highest BCUT2D eigenvalue weighted by Gasteiger charge is 2.63. The molecule has 1 heterocycles. The zero-order chi connectivity index (χ0) is 15.6. The maximum absolute atomic E-state index is 12.7. The zero-order valence-electron chi connectivity index (χ0n) is 12.1. The van der Waals surface area contributed by atoms with Gasteiger partial charge in [0.25, 0.3) is 0 Å². The van der Waals surface area contributed by atoms with Crippen molar-refractivity contribution in [2.75, 3.05) is 4.90 Å². The first kappa shape index (κ1) is 13.4. The third kappa shape index (κ3) is 1.59. The smallest absolute Gasteiger partial charge is 0.238 e. The number of ketones is 2. The Bertz CT molecular complexity index is 681. The van der Waals surface area contributed by atoms with Gasteiger partial charge in [0, 0.05) is 24.7 Å². The largest absolute Gasteiger partial charge is 0.299 e. The second-order valence-electron chi connectivity index (χ2n) is 6.45. The molecule has 3 aliphatic carbocycles. The van der Waals surface area contributed by atoms with Gasteiger partial charge in [0.05, 0.1) is 17.5 Å². The highest BCUT2D eigenvalue weighted by Crippen LogP contribution is 2.50. The lowest BCUT2D eigenvalue weighted by Crippen LogP contribution is -2.51. The molecule has 0 aromatic heterocycles. The summed E-state index contributed by atoms with van der Waals surface area (Å²) in [6.07, 6.45) is 0.233. The van der Waals surface area contributed by atoms with E-state index in [2.05, 4.69) is 0 Å². The van der Waals surface area contributed by atoms with Gasteiger partial charge in [-0.2, -0.15) is 0 Å². The number of amides is 2. The summed E-state index contributed by atoms with van der Waals surface area (Å²) in [6, 6.07) is 7.13. The molecule has 1 saturated heterocycles. The van der Waals surface area contributed by atoms with Crippen LogP contribution in [0, 0.1) is 30.6 Å². The Balaban J connectivity index is 1.78. The van der Waals surface area contributed by atoms with Crippen molar-refractivity contribution in [3.8, 4) is 0 Å². The van der Waals surface area contributed by atoms with E-state index in [0.29, 0.717) is 5.69 Å². The fraction of sp³-hybridized carbons (Fsp3) is 0.412. The van der Waals surface area contributed by atoms with Gasteiger partial charge in [-0.3, -0.25) is 24.1 Å². The molecule has 3 saturated carbocycles. The van der Waals surface area contributed by atoms with Crippen LogP contribution in [0.2, 0.25) is 0 Å². The van der Waals surface area contributed by atoms with Crippen molar-refractivity contribution in [1.29, 1.82) is 0 Å². The topological polar surface area (TPSA) is 71.5 Å². The van der Waals surface area contributed by atoms with Gasteiger partial charge in [0.15, 0.2) is 0 Å². The van der Waals surface area contributed by atoms with Gasteiger partial charge in [-0.25, -0.2) is 0 Å². The molecule has 0 unspecified atom stereocenters. The molecule has 4 atom stereocenters. The molecule has 0 radical (unpaired) electrons. The number of benzene rings is 1. The van der Waals surface area contributed by atoms with E-state index in [4.69, 9.17) is 0 Å². The number of imide groups is 1. The summed E-state index contributed by atoms with van der Waals surface area (Å²) in [5, 5.41) is 0. The molecular weight excluding hydrogens is 282 g/mol. The predicted molar refractivity (Wildman–Crippen MR) is 76.9 cm³/mol. The number of hydrogen-bond acceptors (Lipinski definition) is 4. The Kier molecular flexibility index (Phi) is 2.64. The van der Waals surface area contributed by atoms with Crippen LogP contribution in [-0.4, -0.2) is 23.4 Å². The highest BCUT2D eigenvalue weighted by atomic mass is 16.2. The molecule has 2 bridgehead atoms. The average molecular weight is 297 g/mol. The van der Waals surface area contributed by atoms with Gasteiger partial charge >= 0.3 is 0 Å². The van der Waals surface area contributed by atoms with Crippen LogP contribution in [0.4, 0.5) is 5.69 Å². The molecule has 22 heavy (non-hydrogen) atoms. The van der Waals surface area contributed by atoms with Gasteiger partial charge in [-0.15, -0.1) is 0 Å². The van der Waals surface area contributed by atoms with Crippen LogP contribution >= 0.6 is 0 Å². The summed E-state index contributed by atoms with van der Waals surface area (Å²) in [7, 11) is 0. The Morgan fingerprint density at radius 2 is 1.27 bits per heavy atom. The van der Waals surface area contributed by atoms with Gasteiger partial charge in [-0.05, 0) is 19.1 Å². The van der Waals surface area contributed by atoms with Crippen molar-refractivity contribution in [3.63, 3.8) is 0 Å². The zero-order valence-corrected chi connectivity index (χ0v) is 12.1. The quantitative estimate of drug-likeness (QED) is 0.732. The first-order valence-corrected chi connectivity index (χ1v) is 7.49. The molecule has 1 aliphatic heterocycles. The maximum atomic E-state index is 12.7. The van der Waals surface area contributed by atoms with Crippen LogP contribution in [0.15, 0.2) is 24.3 Å². The molecule has 5 rings (SSSR count). The van der Waals surface area contributed by atoms with Crippen molar-refractivity contribution in [2.45, 2.75) is 19.8 Å². The second-order valence-corrected chi connectivity index (χ2v) is 6.45. The molecule has 112 valence electrons. The molecule has 2 amide bonds. The SMILES string of the molecule is Cc1ccc(N2C(=O)[C@@H]3[C@H](C2=O)[C@H]2CC(=O)[C@H]3CC2=O)cc1. The minimum Gasteiger partial charge on any atom is -0.299 e. The van der Waals surface area contributed by atoms with E-state index < -0.39 is 23.7 Å². The summed E-state index contributed by atoms with van der Waals surface area (Å²) in [4.78, 5) is 50.7. The number of anilines is 1. The lowest BCUT2D eigenvalue weighted by molar-refractivity contribution is -0.153. The number of carbonyl (C=O) groups excluding carboxylic acids is 4. The average Bonchev–Trinajstić information content (AvgIpc) is 2.75. The number of carbonyl (C=O) groups is 4. The van der Waals surface area contributed by atoms with Gasteiger partial charge < -0.3 is 0 Å². The normalized spacial score (nSPS) is 33.6. The van der Waals surface area contributed by atoms with E-state index in [0.717, 1.165) is 5.56 Å². The third-order valence-electron chi connectivity index (χ3n) is 5.23. The van der Waals surface area contributed by atoms with E-state index in [1.165, 1.54) is 4.90 Å². The second kappa shape index (κ2) is 4.35. The molecular formula is C17H15NO4. The summed E-state index contributed by atoms with van der Waals surface area (Å²) < 4.78 is 0. The van der Waals surface area contributed by atoms with Crippen LogP contribution in [-0.2, 0) is 19.2 Å². The number of rotatable bonds is 1. The Morgan fingerprint density at radius 1 is 0.818 bits per heavy atom. The van der Waals surface area contributed by atoms with Crippen molar-refractivity contribution < 1.29 is 19.2 Å². The molecule has 4 aliphatic rings. The lowest BCUT2D eigenvalue weighted by atomic mass is 9.58. The van der Waals surface area contributed by atoms with E-state index in [9.17, 15) is 19.2 Å². The van der Waals surface area contributed by atoms with E-state index >= 15 is 0 Å². The van der Waals surface area contributed by atoms with Gasteiger partial charge in [-0.1, -0.05) is 17.7 Å². The number of aryl methyl sites for hydroxylation is 1. The summed E-state index contributed by atoms with van der Waals surface area (Å²) in [5.74, 6) is -3.22. The minimum absolute atomic E-state index is 0.0437. The van der Waals surface area contributed by atoms with Crippen molar-refractivity contribution in [1.82, 2.24) is 0 Å². The van der Waals surface area contributed by atoms with E-state index in [1.54, 1.807) is 12.1 Å². The first-order chi connectivity index (χ1) is 10.5. The molecule has 0 spiro atoms. The number of hydrogen-bond donors (Lipinski definition) is 0. The minimum atomic E-state index is -0.641. The first-order valence-electron chi connectivity index (χ1n) is 7.49. The predicted octanol–water partition coefficient (Wildman–Crippen LogP) is 1.28. The van der Waals surface area contributed by atoms with Crippen LogP contribution in [0.3, 0.4) is 0 Å².